The van der Waals surface area contributed by atoms with E-state index < -0.39 is 5.91 Å². The molecule has 0 fully saturated rings. The van der Waals surface area contributed by atoms with Gasteiger partial charge in [0.05, 0.1) is 0 Å². The number of rotatable bonds is 3. The Morgan fingerprint density at radius 2 is 2.38 bits per heavy atom. The van der Waals surface area contributed by atoms with Gasteiger partial charge in [0.25, 0.3) is 0 Å². The van der Waals surface area contributed by atoms with E-state index in [0.29, 0.717) is 6.42 Å². The van der Waals surface area contributed by atoms with Crippen molar-refractivity contribution in [2.24, 2.45) is 5.73 Å². The fourth-order valence-corrected chi connectivity index (χ4v) is 0.280. The quantitative estimate of drug-likeness (QED) is 0.420. The van der Waals surface area contributed by atoms with Crippen molar-refractivity contribution in [3.05, 3.63) is 24.8 Å². The van der Waals surface area contributed by atoms with Gasteiger partial charge >= 0.3 is 0 Å². The van der Waals surface area contributed by atoms with E-state index in [4.69, 9.17) is 5.73 Å². The van der Waals surface area contributed by atoms with Gasteiger partial charge in [0.1, 0.15) is 0 Å². The number of primary amides is 1. The molecule has 0 spiro atoms. The number of amides is 1. The summed E-state index contributed by atoms with van der Waals surface area (Å²) >= 11 is 0. The van der Waals surface area contributed by atoms with E-state index in [0.717, 1.165) is 0 Å². The molecule has 2 N–H and O–H groups in total. The zero-order chi connectivity index (χ0) is 6.41. The maximum absolute atomic E-state index is 9.98. The van der Waals surface area contributed by atoms with Gasteiger partial charge in [-0.15, -0.1) is 6.58 Å². The van der Waals surface area contributed by atoms with Crippen molar-refractivity contribution >= 4 is 5.91 Å². The second-order valence-corrected chi connectivity index (χ2v) is 1.33. The molecule has 0 saturated heterocycles. The number of hydrogen-bond acceptors (Lipinski definition) is 1. The van der Waals surface area contributed by atoms with Gasteiger partial charge in [-0.05, 0) is 12.5 Å². The number of allylic oxidation sites excluding steroid dienone is 2. The van der Waals surface area contributed by atoms with Crippen LogP contribution in [0, 0.1) is 0 Å². The second kappa shape index (κ2) is 4.12. The van der Waals surface area contributed by atoms with Crippen molar-refractivity contribution in [3.8, 4) is 0 Å². The van der Waals surface area contributed by atoms with Gasteiger partial charge in [0.2, 0.25) is 5.91 Å². The molecule has 0 aromatic carbocycles. The molecule has 44 valence electrons. The highest BCUT2D eigenvalue weighted by Crippen LogP contribution is 1.80. The highest BCUT2D eigenvalue weighted by Gasteiger charge is 1.76. The Labute approximate surface area is 48.7 Å². The summed E-state index contributed by atoms with van der Waals surface area (Å²) in [5.74, 6) is -0.410. The van der Waals surface area contributed by atoms with Gasteiger partial charge in [-0.3, -0.25) is 4.79 Å². The Balaban J connectivity index is 3.34. The summed E-state index contributed by atoms with van der Waals surface area (Å²) < 4.78 is 0. The molecule has 0 aliphatic rings. The molecule has 0 rings (SSSR count). The number of nitrogens with two attached hydrogens (primary N) is 1. The third-order valence-electron chi connectivity index (χ3n) is 0.585. The summed E-state index contributed by atoms with van der Waals surface area (Å²) in [6.07, 6.45) is 5.37. The van der Waals surface area contributed by atoms with E-state index >= 15 is 0 Å². The Hall–Kier alpha value is -1.05. The van der Waals surface area contributed by atoms with Gasteiger partial charge in [0, 0.05) is 0 Å². The molecule has 0 aliphatic carbocycles. The lowest BCUT2D eigenvalue weighted by molar-refractivity contribution is -0.113. The first-order valence-electron chi connectivity index (χ1n) is 2.34. The maximum Gasteiger partial charge on any atom is 0.241 e. The first-order valence-corrected chi connectivity index (χ1v) is 2.34. The van der Waals surface area contributed by atoms with Crippen LogP contribution in [0.2, 0.25) is 0 Å². The summed E-state index contributed by atoms with van der Waals surface area (Å²) in [6, 6.07) is 0. The lowest BCUT2D eigenvalue weighted by atomic mass is 10.4. The second-order valence-electron chi connectivity index (χ2n) is 1.33. The third-order valence-corrected chi connectivity index (χ3v) is 0.585. The van der Waals surface area contributed by atoms with Crippen LogP contribution < -0.4 is 5.73 Å². The van der Waals surface area contributed by atoms with E-state index in [1.54, 1.807) is 12.2 Å². The van der Waals surface area contributed by atoms with Gasteiger partial charge in [-0.2, -0.15) is 0 Å². The molecule has 8 heavy (non-hydrogen) atoms. The zero-order valence-electron chi connectivity index (χ0n) is 4.63. The van der Waals surface area contributed by atoms with Crippen LogP contribution in [0.3, 0.4) is 0 Å². The van der Waals surface area contributed by atoms with E-state index in [1.165, 1.54) is 6.08 Å². The van der Waals surface area contributed by atoms with Crippen LogP contribution >= 0.6 is 0 Å². The Morgan fingerprint density at radius 1 is 1.75 bits per heavy atom. The first-order chi connectivity index (χ1) is 3.77. The molecular formula is C6H9NO. The van der Waals surface area contributed by atoms with Gasteiger partial charge in [-0.1, -0.05) is 12.2 Å². The Kier molecular flexibility index (Phi) is 3.58. The molecular weight excluding hydrogens is 102 g/mol. The highest BCUT2D eigenvalue weighted by molar-refractivity contribution is 5.85. The highest BCUT2D eigenvalue weighted by atomic mass is 16.1. The van der Waals surface area contributed by atoms with E-state index in [1.807, 2.05) is 0 Å². The van der Waals surface area contributed by atoms with Crippen LogP contribution in [0.1, 0.15) is 6.42 Å². The molecule has 0 aromatic rings. The lowest BCUT2D eigenvalue weighted by Crippen LogP contribution is -2.04. The van der Waals surface area contributed by atoms with Gasteiger partial charge < -0.3 is 5.73 Å². The number of hydrogen-bond donors (Lipinski definition) is 1. The van der Waals surface area contributed by atoms with Gasteiger partial charge in [-0.25, -0.2) is 0 Å². The standard InChI is InChI=1S/C6H9NO/c1-2-3-4-5-6(7)8/h2,4-5H,1,3H2,(H2,7,8). The van der Waals surface area contributed by atoms with Crippen molar-refractivity contribution in [1.82, 2.24) is 0 Å². The summed E-state index contributed by atoms with van der Waals surface area (Å²) in [5.41, 5.74) is 4.77. The first kappa shape index (κ1) is 6.95. The minimum atomic E-state index is -0.410. The van der Waals surface area contributed by atoms with Crippen LogP contribution in [0.15, 0.2) is 24.8 Å². The Morgan fingerprint density at radius 3 is 2.75 bits per heavy atom. The molecule has 0 atom stereocenters. The van der Waals surface area contributed by atoms with Crippen LogP contribution in [-0.2, 0) is 4.79 Å². The van der Waals surface area contributed by atoms with Crippen molar-refractivity contribution < 1.29 is 4.79 Å². The average Bonchev–Trinajstić information content (AvgIpc) is 1.66. The largest absolute Gasteiger partial charge is 0.366 e. The SMILES string of the molecule is C=CCC=CC(N)=O. The number of carbonyl (C=O) groups excluding carboxylic acids is 1. The van der Waals surface area contributed by atoms with E-state index in [9.17, 15) is 4.79 Å². The summed E-state index contributed by atoms with van der Waals surface area (Å²) in [5, 5.41) is 0. The van der Waals surface area contributed by atoms with Crippen molar-refractivity contribution in [1.29, 1.82) is 0 Å². The fraction of sp³-hybridized carbons (Fsp3) is 0.167. The van der Waals surface area contributed by atoms with Crippen LogP contribution in [0.25, 0.3) is 0 Å². The van der Waals surface area contributed by atoms with Crippen LogP contribution in [-0.4, -0.2) is 5.91 Å². The third kappa shape index (κ3) is 4.95. The molecule has 2 heteroatoms. The molecule has 1 amide bonds. The molecule has 0 radical (unpaired) electrons. The van der Waals surface area contributed by atoms with Crippen LogP contribution in [0.4, 0.5) is 0 Å². The normalized spacial score (nSPS) is 9.50. The monoisotopic (exact) mass is 111 g/mol. The van der Waals surface area contributed by atoms with Crippen molar-refractivity contribution in [2.45, 2.75) is 6.42 Å². The van der Waals surface area contributed by atoms with Crippen LogP contribution in [0.5, 0.6) is 0 Å². The summed E-state index contributed by atoms with van der Waals surface area (Å²) in [4.78, 5) is 9.98. The smallest absolute Gasteiger partial charge is 0.241 e. The summed E-state index contributed by atoms with van der Waals surface area (Å²) in [7, 11) is 0. The lowest BCUT2D eigenvalue weighted by Gasteiger charge is -1.76. The predicted octanol–water partition coefficient (Wildman–Crippen LogP) is 0.604. The predicted molar refractivity (Wildman–Crippen MR) is 33.1 cm³/mol. The molecule has 2 nitrogen and oxygen atoms in total. The minimum absolute atomic E-state index is 0.410. The maximum atomic E-state index is 9.98. The summed E-state index contributed by atoms with van der Waals surface area (Å²) in [6.45, 7) is 3.45. The fourth-order valence-electron chi connectivity index (χ4n) is 0.280. The van der Waals surface area contributed by atoms with E-state index in [2.05, 4.69) is 6.58 Å². The average molecular weight is 111 g/mol. The number of carbonyl (C=O) groups is 1. The topological polar surface area (TPSA) is 43.1 Å². The molecule has 0 saturated carbocycles. The molecule has 0 heterocycles. The van der Waals surface area contributed by atoms with E-state index in [-0.39, 0.29) is 0 Å². The molecule has 0 aromatic heterocycles. The minimum Gasteiger partial charge on any atom is -0.366 e. The molecule has 0 bridgehead atoms. The zero-order valence-corrected chi connectivity index (χ0v) is 4.63. The van der Waals surface area contributed by atoms with Crippen molar-refractivity contribution in [2.75, 3.05) is 0 Å². The Bertz CT molecular complexity index is 116. The van der Waals surface area contributed by atoms with Crippen molar-refractivity contribution in [3.63, 3.8) is 0 Å². The van der Waals surface area contributed by atoms with Gasteiger partial charge in [0.15, 0.2) is 0 Å². The molecule has 0 aliphatic heterocycles. The molecule has 0 unspecified atom stereocenters.